The standard InChI is InChI=1S/C18H28N4O/c1-13(2)17(10-19)22-8-6-21(7-9-22)12-16-15(4)18(23-5)14(3)11-20-16/h11,13,17H,6-9,12H2,1-5H3/t17-/m0/s1. The van der Waals surface area contributed by atoms with Gasteiger partial charge in [0.15, 0.2) is 0 Å². The van der Waals surface area contributed by atoms with Gasteiger partial charge < -0.3 is 4.74 Å². The van der Waals surface area contributed by atoms with Gasteiger partial charge in [-0.1, -0.05) is 13.8 Å². The normalized spacial score (nSPS) is 18.0. The van der Waals surface area contributed by atoms with E-state index >= 15 is 0 Å². The molecule has 0 unspecified atom stereocenters. The third-order valence-electron chi connectivity index (χ3n) is 4.69. The average Bonchev–Trinajstić information content (AvgIpc) is 2.52. The van der Waals surface area contributed by atoms with E-state index < -0.39 is 0 Å². The van der Waals surface area contributed by atoms with Gasteiger partial charge in [-0.15, -0.1) is 0 Å². The summed E-state index contributed by atoms with van der Waals surface area (Å²) in [6, 6.07) is 2.47. The van der Waals surface area contributed by atoms with Crippen LogP contribution in [0.25, 0.3) is 0 Å². The third-order valence-corrected chi connectivity index (χ3v) is 4.69. The van der Waals surface area contributed by atoms with Crippen molar-refractivity contribution in [2.24, 2.45) is 5.92 Å². The largest absolute Gasteiger partial charge is 0.496 e. The Kier molecular flexibility index (Phi) is 5.97. The van der Waals surface area contributed by atoms with E-state index in [0.29, 0.717) is 5.92 Å². The lowest BCUT2D eigenvalue weighted by atomic mass is 10.0. The molecule has 1 aliphatic rings. The number of hydrogen-bond acceptors (Lipinski definition) is 5. The minimum atomic E-state index is 0.0245. The van der Waals surface area contributed by atoms with Gasteiger partial charge in [-0.05, 0) is 19.8 Å². The second-order valence-electron chi connectivity index (χ2n) is 6.68. The van der Waals surface area contributed by atoms with Crippen molar-refractivity contribution in [1.29, 1.82) is 5.26 Å². The summed E-state index contributed by atoms with van der Waals surface area (Å²) in [5.41, 5.74) is 3.29. The van der Waals surface area contributed by atoms with Gasteiger partial charge in [-0.25, -0.2) is 0 Å². The lowest BCUT2D eigenvalue weighted by molar-refractivity contribution is 0.0932. The number of piperazine rings is 1. The Morgan fingerprint density at radius 3 is 2.43 bits per heavy atom. The monoisotopic (exact) mass is 316 g/mol. The number of methoxy groups -OCH3 is 1. The summed E-state index contributed by atoms with van der Waals surface area (Å²) in [7, 11) is 1.71. The van der Waals surface area contributed by atoms with E-state index in [9.17, 15) is 5.26 Å². The van der Waals surface area contributed by atoms with E-state index in [0.717, 1.165) is 55.3 Å². The van der Waals surface area contributed by atoms with Crippen LogP contribution in [0.4, 0.5) is 0 Å². The van der Waals surface area contributed by atoms with Crippen molar-refractivity contribution in [2.75, 3.05) is 33.3 Å². The molecular weight excluding hydrogens is 288 g/mol. The molecular formula is C18H28N4O. The van der Waals surface area contributed by atoms with Gasteiger partial charge in [-0.3, -0.25) is 14.8 Å². The molecule has 0 aromatic carbocycles. The number of ether oxygens (including phenoxy) is 1. The molecule has 1 aromatic heterocycles. The Balaban J connectivity index is 1.99. The van der Waals surface area contributed by atoms with Crippen LogP contribution in [-0.4, -0.2) is 54.1 Å². The molecule has 2 rings (SSSR count). The molecule has 0 amide bonds. The summed E-state index contributed by atoms with van der Waals surface area (Å²) >= 11 is 0. The summed E-state index contributed by atoms with van der Waals surface area (Å²) in [4.78, 5) is 9.31. The van der Waals surface area contributed by atoms with Crippen LogP contribution in [0.3, 0.4) is 0 Å². The number of nitrogens with zero attached hydrogens (tertiary/aromatic N) is 4. The highest BCUT2D eigenvalue weighted by Gasteiger charge is 2.26. The van der Waals surface area contributed by atoms with Crippen LogP contribution >= 0.6 is 0 Å². The number of pyridine rings is 1. The second kappa shape index (κ2) is 7.76. The highest BCUT2D eigenvalue weighted by Crippen LogP contribution is 2.25. The van der Waals surface area contributed by atoms with Gasteiger partial charge in [-0.2, -0.15) is 5.26 Å². The molecule has 0 saturated carbocycles. The van der Waals surface area contributed by atoms with Crippen molar-refractivity contribution >= 4 is 0 Å². The Morgan fingerprint density at radius 2 is 1.91 bits per heavy atom. The molecule has 2 heterocycles. The predicted octanol–water partition coefficient (Wildman–Crippen LogP) is 2.37. The van der Waals surface area contributed by atoms with E-state index in [-0.39, 0.29) is 6.04 Å². The molecule has 1 atom stereocenters. The van der Waals surface area contributed by atoms with Gasteiger partial charge in [0.2, 0.25) is 0 Å². The molecule has 5 nitrogen and oxygen atoms in total. The first kappa shape index (κ1) is 17.7. The van der Waals surface area contributed by atoms with Crippen molar-refractivity contribution in [3.8, 4) is 11.8 Å². The molecule has 0 radical (unpaired) electrons. The molecule has 1 saturated heterocycles. The Morgan fingerprint density at radius 1 is 1.26 bits per heavy atom. The van der Waals surface area contributed by atoms with Gasteiger partial charge in [0.25, 0.3) is 0 Å². The number of aromatic nitrogens is 1. The Hall–Kier alpha value is -1.64. The van der Waals surface area contributed by atoms with Gasteiger partial charge in [0.05, 0.1) is 18.9 Å². The van der Waals surface area contributed by atoms with Crippen LogP contribution in [0.2, 0.25) is 0 Å². The molecule has 0 aliphatic carbocycles. The number of aryl methyl sites for hydroxylation is 1. The fraction of sp³-hybridized carbons (Fsp3) is 0.667. The van der Waals surface area contributed by atoms with E-state index in [1.807, 2.05) is 13.1 Å². The van der Waals surface area contributed by atoms with E-state index in [1.165, 1.54) is 0 Å². The lowest BCUT2D eigenvalue weighted by Crippen LogP contribution is -2.51. The topological polar surface area (TPSA) is 52.4 Å². The van der Waals surface area contributed by atoms with Crippen molar-refractivity contribution in [2.45, 2.75) is 40.3 Å². The maximum atomic E-state index is 9.34. The fourth-order valence-corrected chi connectivity index (χ4v) is 3.29. The number of nitriles is 1. The summed E-state index contributed by atoms with van der Waals surface area (Å²) in [5.74, 6) is 1.31. The lowest BCUT2D eigenvalue weighted by Gasteiger charge is -2.38. The molecule has 0 bridgehead atoms. The van der Waals surface area contributed by atoms with E-state index in [4.69, 9.17) is 4.74 Å². The van der Waals surface area contributed by atoms with Crippen molar-refractivity contribution in [3.63, 3.8) is 0 Å². The van der Waals surface area contributed by atoms with Crippen molar-refractivity contribution < 1.29 is 4.74 Å². The second-order valence-corrected chi connectivity index (χ2v) is 6.68. The maximum absolute atomic E-state index is 9.34. The number of hydrogen-bond donors (Lipinski definition) is 0. The predicted molar refractivity (Wildman–Crippen MR) is 91.4 cm³/mol. The van der Waals surface area contributed by atoms with E-state index in [2.05, 4.69) is 41.6 Å². The zero-order chi connectivity index (χ0) is 17.0. The quantitative estimate of drug-likeness (QED) is 0.835. The van der Waals surface area contributed by atoms with Crippen LogP contribution in [0.15, 0.2) is 6.20 Å². The molecule has 126 valence electrons. The molecule has 1 fully saturated rings. The first-order valence-electron chi connectivity index (χ1n) is 8.33. The van der Waals surface area contributed by atoms with Crippen molar-refractivity contribution in [1.82, 2.24) is 14.8 Å². The maximum Gasteiger partial charge on any atom is 0.128 e. The Labute approximate surface area is 139 Å². The zero-order valence-corrected chi connectivity index (χ0v) is 15.0. The van der Waals surface area contributed by atoms with Crippen LogP contribution in [0.5, 0.6) is 5.75 Å². The third kappa shape index (κ3) is 4.01. The summed E-state index contributed by atoms with van der Waals surface area (Å²) in [5, 5.41) is 9.34. The fourth-order valence-electron chi connectivity index (χ4n) is 3.29. The van der Waals surface area contributed by atoms with Crippen LogP contribution < -0.4 is 4.74 Å². The van der Waals surface area contributed by atoms with Crippen molar-refractivity contribution in [3.05, 3.63) is 23.0 Å². The van der Waals surface area contributed by atoms with Crippen LogP contribution in [0.1, 0.15) is 30.7 Å². The van der Waals surface area contributed by atoms with Crippen LogP contribution in [-0.2, 0) is 6.54 Å². The smallest absolute Gasteiger partial charge is 0.128 e. The molecule has 23 heavy (non-hydrogen) atoms. The van der Waals surface area contributed by atoms with E-state index in [1.54, 1.807) is 7.11 Å². The highest BCUT2D eigenvalue weighted by atomic mass is 16.5. The zero-order valence-electron chi connectivity index (χ0n) is 15.0. The molecule has 0 N–H and O–H groups in total. The SMILES string of the molecule is COc1c(C)cnc(CN2CCN([C@@H](C#N)C(C)C)CC2)c1C. The molecule has 1 aliphatic heterocycles. The number of rotatable bonds is 5. The first-order chi connectivity index (χ1) is 11.0. The highest BCUT2D eigenvalue weighted by molar-refractivity contribution is 5.41. The molecule has 5 heteroatoms. The molecule has 1 aromatic rings. The summed E-state index contributed by atoms with van der Waals surface area (Å²) in [6.07, 6.45) is 1.89. The minimum Gasteiger partial charge on any atom is -0.496 e. The molecule has 0 spiro atoms. The first-order valence-corrected chi connectivity index (χ1v) is 8.33. The average molecular weight is 316 g/mol. The van der Waals surface area contributed by atoms with Gasteiger partial charge in [0, 0.05) is 50.0 Å². The summed E-state index contributed by atoms with van der Waals surface area (Å²) in [6.45, 7) is 13.0. The van der Waals surface area contributed by atoms with Crippen LogP contribution in [0, 0.1) is 31.1 Å². The minimum absolute atomic E-state index is 0.0245. The summed E-state index contributed by atoms with van der Waals surface area (Å²) < 4.78 is 5.49. The van der Waals surface area contributed by atoms with Gasteiger partial charge in [0.1, 0.15) is 11.8 Å². The Bertz CT molecular complexity index is 571. The van der Waals surface area contributed by atoms with Gasteiger partial charge >= 0.3 is 0 Å².